The fraction of sp³-hybridized carbons (Fsp3) is 0.703. The summed E-state index contributed by atoms with van der Waals surface area (Å²) >= 11 is 0. The topological polar surface area (TPSA) is 91.7 Å². The zero-order valence-corrected chi connectivity index (χ0v) is 26.6. The van der Waals surface area contributed by atoms with Gasteiger partial charge in [0.1, 0.15) is 0 Å². The highest BCUT2D eigenvalue weighted by Gasteiger charge is 2.73. The Bertz CT molecular complexity index is 1350. The number of aliphatic carboxylic acids is 1. The number of aromatic carboxylic acids is 1. The number of rotatable bonds is 4. The van der Waals surface area contributed by atoms with E-state index in [4.69, 9.17) is 0 Å². The highest BCUT2D eigenvalue weighted by molar-refractivity contribution is 6.04. The lowest BCUT2D eigenvalue weighted by atomic mass is 9.32. The van der Waals surface area contributed by atoms with Gasteiger partial charge < -0.3 is 10.2 Å². The SMILES string of the molecule is CC(C)[C@@H]1CC[C@]2(C(=O)O)CC[C@]3(C)[C@H](CCC4[C@@]5(C)C(=O)C=C(c6ccc(C(=O)O)cc6)C(C)(C)C5CC[C@]43C)C12. The second-order valence-corrected chi connectivity index (χ2v) is 16.4. The van der Waals surface area contributed by atoms with Crippen LogP contribution in [-0.4, -0.2) is 27.9 Å². The molecule has 0 amide bonds. The normalized spacial score (nSPS) is 44.0. The van der Waals surface area contributed by atoms with Gasteiger partial charge in [0.05, 0.1) is 11.0 Å². The van der Waals surface area contributed by atoms with E-state index in [0.29, 0.717) is 17.8 Å². The van der Waals surface area contributed by atoms with Crippen molar-refractivity contribution in [1.29, 1.82) is 0 Å². The highest BCUT2D eigenvalue weighted by atomic mass is 16.4. The standard InChI is InChI=1S/C37H50O5/c1-21(2)24-14-17-37(32(41)42)19-18-34(5)25(30(24)37)12-13-28-35(34,6)16-15-27-33(3,4)26(20-29(38)36(27,28)7)22-8-10-23(11-9-22)31(39)40/h8-11,20-21,24-25,27-28,30H,12-19H2,1-7H3,(H,39,40)(H,41,42)/t24-,25+,27?,28?,30?,34+,35+,36-,37-/m0/s1. The first-order valence-corrected chi connectivity index (χ1v) is 16.4. The van der Waals surface area contributed by atoms with Crippen LogP contribution < -0.4 is 0 Å². The zero-order chi connectivity index (χ0) is 30.6. The summed E-state index contributed by atoms with van der Waals surface area (Å²) in [6.07, 6.45) is 9.47. The van der Waals surface area contributed by atoms with E-state index in [0.717, 1.165) is 62.5 Å². The summed E-state index contributed by atoms with van der Waals surface area (Å²) in [7, 11) is 0. The van der Waals surface area contributed by atoms with Gasteiger partial charge in [-0.25, -0.2) is 4.79 Å². The maximum atomic E-state index is 14.5. The lowest BCUT2D eigenvalue weighted by Crippen LogP contribution is -2.67. The molecule has 1 aromatic rings. The number of benzene rings is 1. The predicted molar refractivity (Wildman–Crippen MR) is 164 cm³/mol. The van der Waals surface area contributed by atoms with Crippen molar-refractivity contribution < 1.29 is 24.6 Å². The molecule has 0 saturated heterocycles. The van der Waals surface area contributed by atoms with Gasteiger partial charge in [0.2, 0.25) is 0 Å². The van der Waals surface area contributed by atoms with Crippen LogP contribution in [0.25, 0.3) is 5.57 Å². The Hall–Kier alpha value is -2.43. The van der Waals surface area contributed by atoms with E-state index in [-0.39, 0.29) is 45.3 Å². The van der Waals surface area contributed by atoms with E-state index in [1.807, 2.05) is 18.2 Å². The van der Waals surface area contributed by atoms with Crippen molar-refractivity contribution in [3.63, 3.8) is 0 Å². The van der Waals surface area contributed by atoms with Crippen LogP contribution in [-0.2, 0) is 9.59 Å². The van der Waals surface area contributed by atoms with E-state index in [9.17, 15) is 24.6 Å². The average molecular weight is 575 g/mol. The first-order chi connectivity index (χ1) is 19.6. The number of hydrogen-bond donors (Lipinski definition) is 2. The summed E-state index contributed by atoms with van der Waals surface area (Å²) in [6.45, 7) is 16.4. The molecule has 0 bridgehead atoms. The van der Waals surface area contributed by atoms with E-state index < -0.39 is 22.8 Å². The molecule has 0 aromatic heterocycles. The molecule has 228 valence electrons. The quantitative estimate of drug-likeness (QED) is 0.377. The lowest BCUT2D eigenvalue weighted by molar-refractivity contribution is -0.226. The van der Waals surface area contributed by atoms with Crippen molar-refractivity contribution in [2.45, 2.75) is 99.8 Å². The molecule has 0 radical (unpaired) electrons. The van der Waals surface area contributed by atoms with Crippen LogP contribution in [0.3, 0.4) is 0 Å². The number of hydrogen-bond acceptors (Lipinski definition) is 3. The first-order valence-electron chi connectivity index (χ1n) is 16.4. The summed E-state index contributed by atoms with van der Waals surface area (Å²) in [5, 5.41) is 20.0. The van der Waals surface area contributed by atoms with Crippen LogP contribution in [0.5, 0.6) is 0 Å². The predicted octanol–water partition coefficient (Wildman–Crippen LogP) is 8.38. The summed E-state index contributed by atoms with van der Waals surface area (Å²) < 4.78 is 0. The number of carboxylic acids is 2. The fourth-order valence-electron chi connectivity index (χ4n) is 12.4. The number of allylic oxidation sites excluding steroid dienone is 2. The monoisotopic (exact) mass is 574 g/mol. The second-order valence-electron chi connectivity index (χ2n) is 16.4. The van der Waals surface area contributed by atoms with E-state index in [1.165, 1.54) is 0 Å². The lowest BCUT2D eigenvalue weighted by Gasteiger charge is -2.71. The Labute approximate surface area is 251 Å². The highest BCUT2D eigenvalue weighted by Crippen LogP contribution is 2.77. The third-order valence-electron chi connectivity index (χ3n) is 14.7. The number of ketones is 1. The molecule has 9 atom stereocenters. The van der Waals surface area contributed by atoms with Gasteiger partial charge in [-0.1, -0.05) is 60.6 Å². The minimum Gasteiger partial charge on any atom is -0.481 e. The molecule has 5 aliphatic carbocycles. The summed E-state index contributed by atoms with van der Waals surface area (Å²) in [6, 6.07) is 6.99. The molecule has 3 unspecified atom stereocenters. The van der Waals surface area contributed by atoms with Crippen molar-refractivity contribution in [3.8, 4) is 0 Å². The third kappa shape index (κ3) is 3.57. The van der Waals surface area contributed by atoms with Crippen LogP contribution in [0.2, 0.25) is 0 Å². The molecule has 2 N–H and O–H groups in total. The molecule has 0 aliphatic heterocycles. The van der Waals surface area contributed by atoms with Crippen LogP contribution in [0, 0.1) is 62.6 Å². The number of carbonyl (C=O) groups is 3. The maximum Gasteiger partial charge on any atom is 0.335 e. The van der Waals surface area contributed by atoms with Gasteiger partial charge in [-0.3, -0.25) is 9.59 Å². The first kappa shape index (κ1) is 29.6. The summed E-state index contributed by atoms with van der Waals surface area (Å²) in [4.78, 5) is 38.9. The largest absolute Gasteiger partial charge is 0.481 e. The number of fused-ring (bicyclic) bond motifs is 7. The molecule has 42 heavy (non-hydrogen) atoms. The number of carboxylic acid groups (broad SMARTS) is 2. The van der Waals surface area contributed by atoms with E-state index in [2.05, 4.69) is 48.5 Å². The molecule has 4 saturated carbocycles. The van der Waals surface area contributed by atoms with Crippen molar-refractivity contribution in [2.75, 3.05) is 0 Å². The minimum atomic E-state index is -0.946. The molecule has 5 aliphatic rings. The molecule has 0 heterocycles. The van der Waals surface area contributed by atoms with Crippen molar-refractivity contribution in [2.24, 2.45) is 62.6 Å². The molecule has 6 rings (SSSR count). The third-order valence-corrected chi connectivity index (χ3v) is 14.7. The Balaban J connectivity index is 1.40. The Morgan fingerprint density at radius 3 is 2.07 bits per heavy atom. The van der Waals surface area contributed by atoms with Gasteiger partial charge >= 0.3 is 11.9 Å². The van der Waals surface area contributed by atoms with Gasteiger partial charge in [-0.15, -0.1) is 0 Å². The van der Waals surface area contributed by atoms with Gasteiger partial charge in [0.15, 0.2) is 5.78 Å². The molecule has 5 heteroatoms. The van der Waals surface area contributed by atoms with Crippen LogP contribution >= 0.6 is 0 Å². The number of carbonyl (C=O) groups excluding carboxylic acids is 1. The minimum absolute atomic E-state index is 0.00602. The van der Waals surface area contributed by atoms with Gasteiger partial charge in [0, 0.05) is 5.41 Å². The van der Waals surface area contributed by atoms with E-state index >= 15 is 0 Å². The average Bonchev–Trinajstić information content (AvgIpc) is 3.33. The molecular formula is C37H50O5. The summed E-state index contributed by atoms with van der Waals surface area (Å²) in [5.74, 6) is 0.667. The van der Waals surface area contributed by atoms with Crippen molar-refractivity contribution in [1.82, 2.24) is 0 Å². The summed E-state index contributed by atoms with van der Waals surface area (Å²) in [5.41, 5.74) is 0.869. The van der Waals surface area contributed by atoms with Gasteiger partial charge in [-0.05, 0) is 132 Å². The molecule has 5 nitrogen and oxygen atoms in total. The maximum absolute atomic E-state index is 14.5. The molecule has 4 fully saturated rings. The Morgan fingerprint density at radius 1 is 0.810 bits per heavy atom. The van der Waals surface area contributed by atoms with Gasteiger partial charge in [0.25, 0.3) is 0 Å². The Morgan fingerprint density at radius 2 is 1.48 bits per heavy atom. The van der Waals surface area contributed by atoms with Gasteiger partial charge in [-0.2, -0.15) is 0 Å². The molecule has 0 spiro atoms. The van der Waals surface area contributed by atoms with Crippen LogP contribution in [0.15, 0.2) is 30.3 Å². The molecule has 1 aromatic carbocycles. The van der Waals surface area contributed by atoms with Crippen LogP contribution in [0.4, 0.5) is 0 Å². The van der Waals surface area contributed by atoms with Crippen molar-refractivity contribution in [3.05, 3.63) is 41.5 Å². The second kappa shape index (κ2) is 9.29. The van der Waals surface area contributed by atoms with Crippen molar-refractivity contribution >= 4 is 23.3 Å². The van der Waals surface area contributed by atoms with Crippen LogP contribution in [0.1, 0.15) is 116 Å². The Kier molecular flexibility index (Phi) is 6.55. The smallest absolute Gasteiger partial charge is 0.335 e. The molecular weight excluding hydrogens is 524 g/mol. The fourth-order valence-corrected chi connectivity index (χ4v) is 12.4. The zero-order valence-electron chi connectivity index (χ0n) is 26.6. The van der Waals surface area contributed by atoms with E-state index in [1.54, 1.807) is 12.1 Å².